The van der Waals surface area contributed by atoms with Crippen molar-refractivity contribution in [3.63, 3.8) is 0 Å². The van der Waals surface area contributed by atoms with Crippen molar-refractivity contribution in [2.75, 3.05) is 0 Å². The molecule has 188 valence electrons. The molecular formula is C31H64. The van der Waals surface area contributed by atoms with Crippen LogP contribution in [-0.4, -0.2) is 0 Å². The Morgan fingerprint density at radius 2 is 1.00 bits per heavy atom. The van der Waals surface area contributed by atoms with Crippen molar-refractivity contribution >= 4 is 0 Å². The molecule has 0 heterocycles. The summed E-state index contributed by atoms with van der Waals surface area (Å²) in [6, 6.07) is 0. The smallest absolute Gasteiger partial charge is 0.0355 e. The van der Waals surface area contributed by atoms with Gasteiger partial charge in [0.25, 0.3) is 0 Å². The molecule has 9 unspecified atom stereocenters. The largest absolute Gasteiger partial charge is 0.0654 e. The standard InChI is InChI=1S/C31H64/c1-13-16-18-19-24(7)30(20-17-14-2)29(12)31(21-22(4)5)28(11)27(10)26(9)25(8)23(6)15-3/h22-31H,13-21H2,1-12H3. The highest BCUT2D eigenvalue weighted by molar-refractivity contribution is 4.86. The molecule has 0 aromatic rings. The number of hydrogen-bond acceptors (Lipinski definition) is 0. The van der Waals surface area contributed by atoms with Gasteiger partial charge in [0.2, 0.25) is 0 Å². The summed E-state index contributed by atoms with van der Waals surface area (Å²) < 4.78 is 0. The van der Waals surface area contributed by atoms with Crippen molar-refractivity contribution in [2.24, 2.45) is 59.2 Å². The van der Waals surface area contributed by atoms with Crippen molar-refractivity contribution in [3.8, 4) is 0 Å². The molecule has 0 saturated carbocycles. The summed E-state index contributed by atoms with van der Waals surface area (Å²) in [5, 5.41) is 0. The molecule has 0 aromatic carbocycles. The van der Waals surface area contributed by atoms with E-state index in [4.69, 9.17) is 0 Å². The lowest BCUT2D eigenvalue weighted by atomic mass is 9.62. The maximum Gasteiger partial charge on any atom is -0.0355 e. The van der Waals surface area contributed by atoms with Crippen LogP contribution >= 0.6 is 0 Å². The Balaban J connectivity index is 5.60. The summed E-state index contributed by atoms with van der Waals surface area (Å²) >= 11 is 0. The van der Waals surface area contributed by atoms with Gasteiger partial charge in [0.1, 0.15) is 0 Å². The number of rotatable bonds is 18. The Morgan fingerprint density at radius 3 is 1.48 bits per heavy atom. The molecule has 0 bridgehead atoms. The molecule has 0 fully saturated rings. The van der Waals surface area contributed by atoms with Crippen molar-refractivity contribution < 1.29 is 0 Å². The van der Waals surface area contributed by atoms with E-state index in [9.17, 15) is 0 Å². The average molecular weight is 437 g/mol. The minimum absolute atomic E-state index is 0.798. The van der Waals surface area contributed by atoms with Crippen LogP contribution in [0.2, 0.25) is 0 Å². The zero-order valence-corrected chi connectivity index (χ0v) is 24.1. The Labute approximate surface area is 200 Å². The summed E-state index contributed by atoms with van der Waals surface area (Å²) in [6.07, 6.45) is 12.5. The molecule has 9 atom stereocenters. The van der Waals surface area contributed by atoms with Crippen LogP contribution in [0.5, 0.6) is 0 Å². The molecule has 0 aliphatic heterocycles. The van der Waals surface area contributed by atoms with E-state index < -0.39 is 0 Å². The molecule has 0 rings (SSSR count). The van der Waals surface area contributed by atoms with E-state index in [0.29, 0.717) is 0 Å². The first kappa shape index (κ1) is 31.0. The van der Waals surface area contributed by atoms with Gasteiger partial charge in [-0.25, -0.2) is 0 Å². The van der Waals surface area contributed by atoms with E-state index in [1.807, 2.05) is 0 Å². The summed E-state index contributed by atoms with van der Waals surface area (Å²) in [4.78, 5) is 0. The average Bonchev–Trinajstić information content (AvgIpc) is 2.74. The maximum atomic E-state index is 2.65. The molecule has 0 radical (unpaired) electrons. The first-order valence-corrected chi connectivity index (χ1v) is 14.5. The lowest BCUT2D eigenvalue weighted by Crippen LogP contribution is -2.36. The molecule has 0 nitrogen and oxygen atoms in total. The van der Waals surface area contributed by atoms with Gasteiger partial charge in [-0.1, -0.05) is 128 Å². The minimum atomic E-state index is 0.798. The van der Waals surface area contributed by atoms with Crippen LogP contribution in [0.1, 0.15) is 141 Å². The molecule has 0 aliphatic carbocycles. The third kappa shape index (κ3) is 10.6. The zero-order valence-electron chi connectivity index (χ0n) is 24.1. The second-order valence-corrected chi connectivity index (χ2v) is 12.3. The van der Waals surface area contributed by atoms with Gasteiger partial charge in [-0.15, -0.1) is 0 Å². The van der Waals surface area contributed by atoms with Gasteiger partial charge >= 0.3 is 0 Å². The molecule has 0 aromatic heterocycles. The topological polar surface area (TPSA) is 0 Å². The van der Waals surface area contributed by atoms with Gasteiger partial charge < -0.3 is 0 Å². The summed E-state index contributed by atoms with van der Waals surface area (Å²) in [7, 11) is 0. The van der Waals surface area contributed by atoms with Gasteiger partial charge in [-0.05, 0) is 72.0 Å². The normalized spacial score (nSPS) is 21.2. The van der Waals surface area contributed by atoms with Gasteiger partial charge in [0, 0.05) is 0 Å². The zero-order chi connectivity index (χ0) is 24.1. The van der Waals surface area contributed by atoms with Crippen LogP contribution < -0.4 is 0 Å². The molecule has 31 heavy (non-hydrogen) atoms. The summed E-state index contributed by atoms with van der Waals surface area (Å²) in [5.41, 5.74) is 0. The number of unbranched alkanes of at least 4 members (excludes halogenated alkanes) is 3. The SMILES string of the molecule is CCCCCC(C)C(CCCC)C(C)C(CC(C)C)C(C)C(C)C(C)C(C)C(C)CC. The highest BCUT2D eigenvalue weighted by Gasteiger charge is 2.37. The summed E-state index contributed by atoms with van der Waals surface area (Å²) in [6.45, 7) is 29.9. The molecule has 0 N–H and O–H groups in total. The fourth-order valence-electron chi connectivity index (χ4n) is 6.44. The fourth-order valence-corrected chi connectivity index (χ4v) is 6.44. The van der Waals surface area contributed by atoms with Crippen LogP contribution in [0.3, 0.4) is 0 Å². The molecule has 0 amide bonds. The lowest BCUT2D eigenvalue weighted by molar-refractivity contribution is 0.0579. The van der Waals surface area contributed by atoms with Crippen molar-refractivity contribution in [3.05, 3.63) is 0 Å². The van der Waals surface area contributed by atoms with E-state index in [0.717, 1.165) is 59.2 Å². The van der Waals surface area contributed by atoms with Gasteiger partial charge in [0.15, 0.2) is 0 Å². The number of hydrogen-bond donors (Lipinski definition) is 0. The minimum Gasteiger partial charge on any atom is -0.0654 e. The maximum absolute atomic E-state index is 2.65. The second kappa shape index (κ2) is 16.6. The summed E-state index contributed by atoms with van der Waals surface area (Å²) in [5.74, 6) is 8.35. The van der Waals surface area contributed by atoms with Crippen LogP contribution in [0.15, 0.2) is 0 Å². The fraction of sp³-hybridized carbons (Fsp3) is 1.00. The predicted molar refractivity (Wildman–Crippen MR) is 145 cm³/mol. The molecule has 0 aliphatic rings. The van der Waals surface area contributed by atoms with Crippen molar-refractivity contribution in [1.29, 1.82) is 0 Å². The first-order chi connectivity index (χ1) is 14.5. The van der Waals surface area contributed by atoms with Crippen LogP contribution in [0.4, 0.5) is 0 Å². The van der Waals surface area contributed by atoms with Gasteiger partial charge in [-0.3, -0.25) is 0 Å². The Hall–Kier alpha value is 0. The first-order valence-electron chi connectivity index (χ1n) is 14.5. The highest BCUT2D eigenvalue weighted by atomic mass is 14.4. The second-order valence-electron chi connectivity index (χ2n) is 12.3. The Morgan fingerprint density at radius 1 is 0.452 bits per heavy atom. The van der Waals surface area contributed by atoms with E-state index in [-0.39, 0.29) is 0 Å². The van der Waals surface area contributed by atoms with E-state index in [2.05, 4.69) is 83.1 Å². The van der Waals surface area contributed by atoms with Crippen LogP contribution in [0, 0.1) is 59.2 Å². The van der Waals surface area contributed by atoms with Gasteiger partial charge in [-0.2, -0.15) is 0 Å². The third-order valence-electron chi connectivity index (χ3n) is 9.68. The predicted octanol–water partition coefficient (Wildman–Crippen LogP) is 10.9. The monoisotopic (exact) mass is 437 g/mol. The lowest BCUT2D eigenvalue weighted by Gasteiger charge is -2.43. The van der Waals surface area contributed by atoms with Crippen molar-refractivity contribution in [1.82, 2.24) is 0 Å². The Bertz CT molecular complexity index is 410. The van der Waals surface area contributed by atoms with E-state index in [1.54, 1.807) is 0 Å². The molecule has 0 heteroatoms. The van der Waals surface area contributed by atoms with Crippen molar-refractivity contribution in [2.45, 2.75) is 141 Å². The third-order valence-corrected chi connectivity index (χ3v) is 9.68. The van der Waals surface area contributed by atoms with Crippen LogP contribution in [0.25, 0.3) is 0 Å². The quantitative estimate of drug-likeness (QED) is 0.187. The molecule has 0 spiro atoms. The van der Waals surface area contributed by atoms with Crippen LogP contribution in [-0.2, 0) is 0 Å². The highest BCUT2D eigenvalue weighted by Crippen LogP contribution is 2.44. The van der Waals surface area contributed by atoms with E-state index in [1.165, 1.54) is 57.8 Å². The molecule has 0 saturated heterocycles. The molecular weight excluding hydrogens is 372 g/mol. The van der Waals surface area contributed by atoms with Gasteiger partial charge in [0.05, 0.1) is 0 Å². The Kier molecular flexibility index (Phi) is 16.6. The van der Waals surface area contributed by atoms with E-state index >= 15 is 0 Å².